The van der Waals surface area contributed by atoms with Crippen molar-refractivity contribution in [3.63, 3.8) is 0 Å². The van der Waals surface area contributed by atoms with Gasteiger partial charge in [0.1, 0.15) is 18.7 Å². The first-order valence-corrected chi connectivity index (χ1v) is 7.33. The maximum atomic E-state index is 11.5. The number of anilines is 3. The zero-order chi connectivity index (χ0) is 14.8. The number of hydroxylamine groups is 1. The van der Waals surface area contributed by atoms with E-state index in [-0.39, 0.29) is 37.3 Å². The molecule has 1 aliphatic rings. The third-order valence-electron chi connectivity index (χ3n) is 2.29. The van der Waals surface area contributed by atoms with Crippen LogP contribution in [0.5, 0.6) is 0 Å². The predicted molar refractivity (Wildman–Crippen MR) is 69.1 cm³/mol. The van der Waals surface area contributed by atoms with Crippen molar-refractivity contribution in [2.75, 3.05) is 42.3 Å². The maximum absolute atomic E-state index is 11.5. The molecule has 20 heavy (non-hydrogen) atoms. The molecule has 0 fully saturated rings. The number of nitrogens with one attached hydrogen (secondary N) is 2. The average Bonchev–Trinajstić information content (AvgIpc) is 2.70. The summed E-state index contributed by atoms with van der Waals surface area (Å²) in [5, 5.41) is 4.09. The molecule has 6 N–H and O–H groups in total. The Hall–Kier alpha value is -1.65. The molecule has 0 amide bonds. The molecule has 0 aromatic carbocycles. The predicted octanol–water partition coefficient (Wildman–Crippen LogP) is -1.38. The number of nitrogens with zero attached hydrogens (tertiary/aromatic N) is 2. The van der Waals surface area contributed by atoms with Gasteiger partial charge in [0.15, 0.2) is 5.82 Å². The van der Waals surface area contributed by atoms with E-state index < -0.39 is 19.5 Å². The molecular formula is C8H14N5O6P. The quantitative estimate of drug-likeness (QED) is 0.313. The first-order chi connectivity index (χ1) is 9.37. The molecule has 2 heterocycles. The van der Waals surface area contributed by atoms with Gasteiger partial charge in [-0.15, -0.1) is 0 Å². The summed E-state index contributed by atoms with van der Waals surface area (Å²) in [6.45, 7) is 0.221. The molecule has 2 rings (SSSR count). The second-order valence-corrected chi connectivity index (χ2v) is 5.49. The Kier molecular flexibility index (Phi) is 4.26. The highest BCUT2D eigenvalue weighted by atomic mass is 31.2. The van der Waals surface area contributed by atoms with Crippen molar-refractivity contribution in [3.8, 4) is 0 Å². The van der Waals surface area contributed by atoms with Gasteiger partial charge in [0, 0.05) is 0 Å². The number of H-pyrrole nitrogens is 1. The zero-order valence-corrected chi connectivity index (χ0v) is 11.2. The highest BCUT2D eigenvalue weighted by Gasteiger charge is 2.24. The Labute approximate surface area is 112 Å². The number of ether oxygens (including phenoxy) is 1. The topological polar surface area (TPSA) is 163 Å². The molecule has 11 nitrogen and oxygen atoms in total. The van der Waals surface area contributed by atoms with Gasteiger partial charge in [0.25, 0.3) is 5.56 Å². The number of hydrogen-bond donors (Lipinski definition) is 5. The minimum absolute atomic E-state index is 0.0182. The van der Waals surface area contributed by atoms with E-state index in [0.717, 1.165) is 0 Å². The molecular weight excluding hydrogens is 293 g/mol. The Morgan fingerprint density at radius 1 is 1.45 bits per heavy atom. The van der Waals surface area contributed by atoms with Crippen molar-refractivity contribution in [1.82, 2.24) is 9.97 Å². The van der Waals surface area contributed by atoms with Crippen molar-refractivity contribution in [2.24, 2.45) is 0 Å². The molecule has 0 aliphatic carbocycles. The SMILES string of the molecule is Nc1nc2c(c(=O)[nH]1)NCN2OCCOCP(=O)(O)O. The second-order valence-electron chi connectivity index (χ2n) is 3.90. The molecule has 1 aromatic rings. The van der Waals surface area contributed by atoms with E-state index in [1.165, 1.54) is 5.06 Å². The smallest absolute Gasteiger partial charge is 0.350 e. The Morgan fingerprint density at radius 2 is 2.20 bits per heavy atom. The Bertz CT molecular complexity index is 585. The number of fused-ring (bicyclic) bond motifs is 1. The summed E-state index contributed by atoms with van der Waals surface area (Å²) >= 11 is 0. The maximum Gasteiger partial charge on any atom is 0.350 e. The van der Waals surface area contributed by atoms with Crippen LogP contribution in [0.3, 0.4) is 0 Å². The summed E-state index contributed by atoms with van der Waals surface area (Å²) in [4.78, 5) is 40.2. The number of aromatic amines is 1. The third kappa shape index (κ3) is 3.68. The third-order valence-corrected chi connectivity index (χ3v) is 2.81. The lowest BCUT2D eigenvalue weighted by Gasteiger charge is -2.16. The highest BCUT2D eigenvalue weighted by molar-refractivity contribution is 7.51. The fourth-order valence-corrected chi connectivity index (χ4v) is 1.91. The standard InChI is InChI=1S/C8H14N5O6P/c9-8-11-6-5(7(14)12-8)10-3-13(6)19-2-1-18-4-20(15,16)17/h10H,1-4H2,(H2,15,16,17)(H3,9,11,12,14). The normalized spacial score (nSPS) is 14.2. The van der Waals surface area contributed by atoms with Crippen LogP contribution < -0.4 is 21.7 Å². The lowest BCUT2D eigenvalue weighted by Crippen LogP contribution is -2.26. The minimum atomic E-state index is -4.18. The van der Waals surface area contributed by atoms with E-state index in [9.17, 15) is 9.36 Å². The number of nitrogens with two attached hydrogens (primary N) is 1. The molecule has 1 aromatic heterocycles. The molecule has 0 spiro atoms. The fourth-order valence-electron chi connectivity index (χ4n) is 1.54. The lowest BCUT2D eigenvalue weighted by atomic mass is 10.5. The van der Waals surface area contributed by atoms with E-state index in [1.807, 2.05) is 0 Å². The average molecular weight is 307 g/mol. The summed E-state index contributed by atoms with van der Waals surface area (Å²) in [6.07, 6.45) is -0.671. The van der Waals surface area contributed by atoms with Crippen LogP contribution in [-0.4, -0.2) is 46.0 Å². The van der Waals surface area contributed by atoms with Gasteiger partial charge < -0.3 is 25.6 Å². The van der Waals surface area contributed by atoms with Gasteiger partial charge in [-0.1, -0.05) is 0 Å². The van der Waals surface area contributed by atoms with Gasteiger partial charge in [-0.3, -0.25) is 19.2 Å². The number of rotatable bonds is 6. The van der Waals surface area contributed by atoms with Crippen molar-refractivity contribution >= 4 is 25.0 Å². The molecule has 1 aliphatic heterocycles. The van der Waals surface area contributed by atoms with Crippen molar-refractivity contribution < 1.29 is 23.9 Å². The fraction of sp³-hybridized carbons (Fsp3) is 0.500. The molecule has 12 heteroatoms. The van der Waals surface area contributed by atoms with Crippen LogP contribution in [0, 0.1) is 0 Å². The first kappa shape index (κ1) is 14.8. The van der Waals surface area contributed by atoms with E-state index in [2.05, 4.69) is 15.3 Å². The lowest BCUT2D eigenvalue weighted by molar-refractivity contribution is 0.0482. The van der Waals surface area contributed by atoms with Crippen molar-refractivity contribution in [3.05, 3.63) is 10.4 Å². The van der Waals surface area contributed by atoms with Crippen LogP contribution in [0.25, 0.3) is 0 Å². The molecule has 0 saturated heterocycles. The summed E-state index contributed by atoms with van der Waals surface area (Å²) in [6, 6.07) is 0. The molecule has 0 bridgehead atoms. The largest absolute Gasteiger partial charge is 0.369 e. The Morgan fingerprint density at radius 3 is 2.90 bits per heavy atom. The summed E-state index contributed by atoms with van der Waals surface area (Å²) in [7, 11) is -4.18. The Balaban J connectivity index is 1.86. The molecule has 0 saturated carbocycles. The summed E-state index contributed by atoms with van der Waals surface area (Å²) in [5.41, 5.74) is 5.27. The highest BCUT2D eigenvalue weighted by Crippen LogP contribution is 2.33. The minimum Gasteiger partial charge on any atom is -0.369 e. The van der Waals surface area contributed by atoms with E-state index in [0.29, 0.717) is 0 Å². The van der Waals surface area contributed by atoms with Crippen molar-refractivity contribution in [1.29, 1.82) is 0 Å². The van der Waals surface area contributed by atoms with Crippen LogP contribution in [0.4, 0.5) is 17.5 Å². The first-order valence-electron chi connectivity index (χ1n) is 5.53. The van der Waals surface area contributed by atoms with Crippen molar-refractivity contribution in [2.45, 2.75) is 0 Å². The van der Waals surface area contributed by atoms with E-state index in [4.69, 9.17) is 25.1 Å². The van der Waals surface area contributed by atoms with Crippen LogP contribution in [0.2, 0.25) is 0 Å². The second kappa shape index (κ2) is 5.77. The van der Waals surface area contributed by atoms with Gasteiger partial charge in [-0.2, -0.15) is 4.98 Å². The molecule has 0 atom stereocenters. The number of hydrogen-bond acceptors (Lipinski definition) is 8. The van der Waals surface area contributed by atoms with Crippen LogP contribution in [0.15, 0.2) is 4.79 Å². The molecule has 0 radical (unpaired) electrons. The monoisotopic (exact) mass is 307 g/mol. The molecule has 0 unspecified atom stereocenters. The van der Waals surface area contributed by atoms with Crippen LogP contribution in [0.1, 0.15) is 0 Å². The van der Waals surface area contributed by atoms with E-state index in [1.54, 1.807) is 0 Å². The van der Waals surface area contributed by atoms with Gasteiger partial charge in [-0.05, 0) is 0 Å². The van der Waals surface area contributed by atoms with Gasteiger partial charge in [0.2, 0.25) is 5.95 Å². The molecule has 112 valence electrons. The van der Waals surface area contributed by atoms with E-state index >= 15 is 0 Å². The van der Waals surface area contributed by atoms with Crippen LogP contribution in [-0.2, 0) is 14.1 Å². The number of nitrogen functional groups attached to an aromatic ring is 1. The summed E-state index contributed by atoms with van der Waals surface area (Å²) in [5.74, 6) is 0.213. The van der Waals surface area contributed by atoms with Gasteiger partial charge in [0.05, 0.1) is 13.2 Å². The van der Waals surface area contributed by atoms with Gasteiger partial charge in [-0.25, -0.2) is 5.06 Å². The van der Waals surface area contributed by atoms with Crippen LogP contribution >= 0.6 is 7.60 Å². The summed E-state index contributed by atoms with van der Waals surface area (Å²) < 4.78 is 15.3. The number of aromatic nitrogens is 2. The zero-order valence-electron chi connectivity index (χ0n) is 10.3. The van der Waals surface area contributed by atoms with Gasteiger partial charge >= 0.3 is 7.60 Å².